The van der Waals surface area contributed by atoms with Crippen LogP contribution in [-0.4, -0.2) is 9.78 Å². The summed E-state index contributed by atoms with van der Waals surface area (Å²) in [6.45, 7) is 2.39. The third-order valence-electron chi connectivity index (χ3n) is 2.84. The normalized spacial score (nSPS) is 11.2. The monoisotopic (exact) mass is 251 g/mol. The summed E-state index contributed by atoms with van der Waals surface area (Å²) in [4.78, 5) is 0. The standard InChI is InChI=1S/C13H15F2N3/c1-9-2-4-10(5-3-9)8-18-12(13(14)15)11(6-16)7-17-18/h2-5,7,13H,6,8,16H2,1H3. The summed E-state index contributed by atoms with van der Waals surface area (Å²) in [6.07, 6.45) is -1.15. The first-order valence-electron chi connectivity index (χ1n) is 5.70. The fraction of sp³-hybridized carbons (Fsp3) is 0.308. The molecule has 96 valence electrons. The van der Waals surface area contributed by atoms with E-state index in [1.807, 2.05) is 31.2 Å². The van der Waals surface area contributed by atoms with Crippen molar-refractivity contribution in [3.63, 3.8) is 0 Å². The second kappa shape index (κ2) is 5.27. The molecule has 0 amide bonds. The minimum atomic E-state index is -2.56. The van der Waals surface area contributed by atoms with Crippen molar-refractivity contribution in [1.82, 2.24) is 9.78 Å². The third kappa shape index (κ3) is 2.56. The zero-order valence-corrected chi connectivity index (χ0v) is 10.1. The van der Waals surface area contributed by atoms with E-state index in [1.165, 1.54) is 10.9 Å². The molecule has 0 bridgehead atoms. The lowest BCUT2D eigenvalue weighted by Crippen LogP contribution is -2.09. The van der Waals surface area contributed by atoms with E-state index in [0.717, 1.165) is 11.1 Å². The van der Waals surface area contributed by atoms with Gasteiger partial charge in [-0.1, -0.05) is 29.8 Å². The van der Waals surface area contributed by atoms with E-state index < -0.39 is 6.43 Å². The van der Waals surface area contributed by atoms with E-state index in [1.54, 1.807) is 0 Å². The third-order valence-corrected chi connectivity index (χ3v) is 2.84. The van der Waals surface area contributed by atoms with Crippen molar-refractivity contribution in [3.05, 3.63) is 52.8 Å². The van der Waals surface area contributed by atoms with Crippen LogP contribution in [0.5, 0.6) is 0 Å². The van der Waals surface area contributed by atoms with Crippen LogP contribution >= 0.6 is 0 Å². The average Bonchev–Trinajstić information content (AvgIpc) is 2.75. The lowest BCUT2D eigenvalue weighted by molar-refractivity contribution is 0.138. The van der Waals surface area contributed by atoms with Gasteiger partial charge in [-0.05, 0) is 12.5 Å². The van der Waals surface area contributed by atoms with Gasteiger partial charge in [0.05, 0.1) is 12.7 Å². The Morgan fingerprint density at radius 1 is 1.28 bits per heavy atom. The molecule has 1 heterocycles. The van der Waals surface area contributed by atoms with Crippen molar-refractivity contribution in [2.45, 2.75) is 26.4 Å². The summed E-state index contributed by atoms with van der Waals surface area (Å²) in [5.74, 6) is 0. The van der Waals surface area contributed by atoms with Gasteiger partial charge in [-0.25, -0.2) is 8.78 Å². The smallest absolute Gasteiger partial charge is 0.280 e. The van der Waals surface area contributed by atoms with Crippen LogP contribution in [-0.2, 0) is 13.1 Å². The average molecular weight is 251 g/mol. The summed E-state index contributed by atoms with van der Waals surface area (Å²) in [5.41, 5.74) is 7.82. The number of aryl methyl sites for hydroxylation is 1. The van der Waals surface area contributed by atoms with E-state index >= 15 is 0 Å². The molecule has 5 heteroatoms. The topological polar surface area (TPSA) is 43.8 Å². The molecule has 0 aliphatic rings. The summed E-state index contributed by atoms with van der Waals surface area (Å²) in [6, 6.07) is 7.72. The van der Waals surface area contributed by atoms with Gasteiger partial charge < -0.3 is 5.73 Å². The zero-order chi connectivity index (χ0) is 13.1. The number of halogens is 2. The van der Waals surface area contributed by atoms with Crippen LogP contribution in [0, 0.1) is 6.92 Å². The molecule has 1 aromatic carbocycles. The first-order valence-corrected chi connectivity index (χ1v) is 5.70. The Hall–Kier alpha value is -1.75. The highest BCUT2D eigenvalue weighted by atomic mass is 19.3. The molecule has 0 aliphatic carbocycles. The van der Waals surface area contributed by atoms with Gasteiger partial charge >= 0.3 is 0 Å². The Balaban J connectivity index is 2.28. The quantitative estimate of drug-likeness (QED) is 0.907. The lowest BCUT2D eigenvalue weighted by Gasteiger charge is -2.08. The van der Waals surface area contributed by atoms with Gasteiger partial charge in [0, 0.05) is 12.1 Å². The number of benzene rings is 1. The fourth-order valence-electron chi connectivity index (χ4n) is 1.84. The Morgan fingerprint density at radius 3 is 2.50 bits per heavy atom. The van der Waals surface area contributed by atoms with Crippen LogP contribution < -0.4 is 5.73 Å². The van der Waals surface area contributed by atoms with Gasteiger partial charge in [-0.15, -0.1) is 0 Å². The molecule has 0 aliphatic heterocycles. The molecule has 3 nitrogen and oxygen atoms in total. The van der Waals surface area contributed by atoms with Gasteiger partial charge in [0.25, 0.3) is 6.43 Å². The van der Waals surface area contributed by atoms with E-state index in [4.69, 9.17) is 5.73 Å². The van der Waals surface area contributed by atoms with Crippen molar-refractivity contribution >= 4 is 0 Å². The highest BCUT2D eigenvalue weighted by Crippen LogP contribution is 2.23. The highest BCUT2D eigenvalue weighted by molar-refractivity contribution is 5.24. The maximum atomic E-state index is 13.0. The highest BCUT2D eigenvalue weighted by Gasteiger charge is 2.19. The number of alkyl halides is 2. The molecule has 1 aromatic heterocycles. The van der Waals surface area contributed by atoms with E-state index in [-0.39, 0.29) is 12.2 Å². The minimum Gasteiger partial charge on any atom is -0.326 e. The number of nitrogens with zero attached hydrogens (tertiary/aromatic N) is 2. The van der Waals surface area contributed by atoms with Crippen LogP contribution in [0.15, 0.2) is 30.5 Å². The number of aromatic nitrogens is 2. The minimum absolute atomic E-state index is 0.0770. The number of hydrogen-bond acceptors (Lipinski definition) is 2. The molecule has 0 saturated carbocycles. The summed E-state index contributed by atoms with van der Waals surface area (Å²) < 4.78 is 27.2. The molecule has 0 atom stereocenters. The summed E-state index contributed by atoms with van der Waals surface area (Å²) in [5, 5.41) is 3.98. The molecule has 2 N–H and O–H groups in total. The Bertz CT molecular complexity index is 518. The Morgan fingerprint density at radius 2 is 1.94 bits per heavy atom. The van der Waals surface area contributed by atoms with Crippen LogP contribution in [0.3, 0.4) is 0 Å². The van der Waals surface area contributed by atoms with Crippen LogP contribution in [0.2, 0.25) is 0 Å². The SMILES string of the molecule is Cc1ccc(Cn2ncc(CN)c2C(F)F)cc1. The molecular formula is C13H15F2N3. The van der Waals surface area contributed by atoms with Gasteiger partial charge in [-0.2, -0.15) is 5.10 Å². The first kappa shape index (κ1) is 12.7. The van der Waals surface area contributed by atoms with Crippen LogP contribution in [0.4, 0.5) is 8.78 Å². The van der Waals surface area contributed by atoms with Crippen LogP contribution in [0.1, 0.15) is 28.8 Å². The van der Waals surface area contributed by atoms with Crippen molar-refractivity contribution in [2.24, 2.45) is 5.73 Å². The van der Waals surface area contributed by atoms with Gasteiger partial charge in [0.15, 0.2) is 0 Å². The van der Waals surface area contributed by atoms with Crippen molar-refractivity contribution in [3.8, 4) is 0 Å². The molecule has 18 heavy (non-hydrogen) atoms. The van der Waals surface area contributed by atoms with Crippen molar-refractivity contribution < 1.29 is 8.78 Å². The van der Waals surface area contributed by atoms with Gasteiger partial charge in [0.1, 0.15) is 5.69 Å². The van der Waals surface area contributed by atoms with Crippen molar-refractivity contribution in [2.75, 3.05) is 0 Å². The predicted octanol–water partition coefficient (Wildman–Crippen LogP) is 2.64. The predicted molar refractivity (Wildman–Crippen MR) is 65.4 cm³/mol. The first-order chi connectivity index (χ1) is 8.61. The van der Waals surface area contributed by atoms with E-state index in [9.17, 15) is 8.78 Å². The molecular weight excluding hydrogens is 236 g/mol. The summed E-state index contributed by atoms with van der Waals surface area (Å²) >= 11 is 0. The molecule has 0 radical (unpaired) electrons. The lowest BCUT2D eigenvalue weighted by atomic mass is 10.1. The zero-order valence-electron chi connectivity index (χ0n) is 10.1. The Labute approximate surface area is 104 Å². The van der Waals surface area contributed by atoms with Gasteiger partial charge in [-0.3, -0.25) is 4.68 Å². The number of nitrogens with two attached hydrogens (primary N) is 1. The molecule has 0 unspecified atom stereocenters. The summed E-state index contributed by atoms with van der Waals surface area (Å²) in [7, 11) is 0. The molecule has 0 spiro atoms. The molecule has 0 fully saturated rings. The maximum absolute atomic E-state index is 13.0. The largest absolute Gasteiger partial charge is 0.326 e. The van der Waals surface area contributed by atoms with Crippen LogP contribution in [0.25, 0.3) is 0 Å². The van der Waals surface area contributed by atoms with E-state index in [2.05, 4.69) is 5.10 Å². The number of hydrogen-bond donors (Lipinski definition) is 1. The Kier molecular flexibility index (Phi) is 3.72. The number of rotatable bonds is 4. The van der Waals surface area contributed by atoms with Gasteiger partial charge in [0.2, 0.25) is 0 Å². The fourth-order valence-corrected chi connectivity index (χ4v) is 1.84. The molecule has 0 saturated heterocycles. The maximum Gasteiger partial charge on any atom is 0.280 e. The molecule has 2 aromatic rings. The molecule has 2 rings (SSSR count). The second-order valence-corrected chi connectivity index (χ2v) is 4.20. The van der Waals surface area contributed by atoms with Crippen molar-refractivity contribution in [1.29, 1.82) is 0 Å². The van der Waals surface area contributed by atoms with E-state index in [0.29, 0.717) is 12.1 Å². The second-order valence-electron chi connectivity index (χ2n) is 4.20.